The molecule has 2 heterocycles. The molecule has 2 aromatic heterocycles. The first-order valence-corrected chi connectivity index (χ1v) is 7.47. The lowest BCUT2D eigenvalue weighted by Gasteiger charge is -2.06. The van der Waals surface area contributed by atoms with Gasteiger partial charge in [0.2, 0.25) is 0 Å². The van der Waals surface area contributed by atoms with Crippen molar-refractivity contribution in [1.82, 2.24) is 15.1 Å². The predicted molar refractivity (Wildman–Crippen MR) is 79.0 cm³/mol. The summed E-state index contributed by atoms with van der Waals surface area (Å²) >= 11 is 0. The van der Waals surface area contributed by atoms with Gasteiger partial charge in [0.1, 0.15) is 12.0 Å². The van der Waals surface area contributed by atoms with E-state index in [-0.39, 0.29) is 18.6 Å². The van der Waals surface area contributed by atoms with Gasteiger partial charge >= 0.3 is 5.97 Å². The van der Waals surface area contributed by atoms with Crippen molar-refractivity contribution in [3.63, 3.8) is 0 Å². The molecular formula is C16H17N4O3+. The van der Waals surface area contributed by atoms with Gasteiger partial charge in [0.15, 0.2) is 18.6 Å². The Morgan fingerprint density at radius 3 is 2.57 bits per heavy atom. The van der Waals surface area contributed by atoms with E-state index in [0.717, 1.165) is 5.56 Å². The molecule has 1 saturated carbocycles. The third-order valence-corrected chi connectivity index (χ3v) is 4.06. The van der Waals surface area contributed by atoms with Crippen molar-refractivity contribution in [2.45, 2.75) is 32.2 Å². The number of carboxylic acids is 1. The van der Waals surface area contributed by atoms with Gasteiger partial charge in [-0.15, -0.1) is 0 Å². The van der Waals surface area contributed by atoms with Crippen LogP contribution in [0.3, 0.4) is 0 Å². The minimum absolute atomic E-state index is 0.0327. The number of carbonyl (C=O) groups is 2. The first kappa shape index (κ1) is 15.2. The molecule has 1 aliphatic rings. The van der Waals surface area contributed by atoms with E-state index in [1.54, 1.807) is 35.5 Å². The monoisotopic (exact) mass is 313 g/mol. The van der Waals surface area contributed by atoms with Crippen molar-refractivity contribution in [1.29, 1.82) is 0 Å². The summed E-state index contributed by atoms with van der Waals surface area (Å²) in [6, 6.07) is 3.59. The number of carboxylic acid groups (broad SMARTS) is 1. The Morgan fingerprint density at radius 1 is 1.26 bits per heavy atom. The van der Waals surface area contributed by atoms with E-state index in [9.17, 15) is 9.59 Å². The van der Waals surface area contributed by atoms with E-state index in [1.807, 2.05) is 6.07 Å². The third-order valence-electron chi connectivity index (χ3n) is 4.06. The number of aryl methyl sites for hydroxylation is 1. The van der Waals surface area contributed by atoms with Crippen molar-refractivity contribution >= 4 is 11.8 Å². The van der Waals surface area contributed by atoms with E-state index in [4.69, 9.17) is 5.11 Å². The van der Waals surface area contributed by atoms with Crippen LogP contribution in [0.5, 0.6) is 0 Å². The van der Waals surface area contributed by atoms with Gasteiger partial charge in [-0.1, -0.05) is 4.68 Å². The van der Waals surface area contributed by atoms with Gasteiger partial charge in [-0.2, -0.15) is 0 Å². The average Bonchev–Trinajstić information content (AvgIpc) is 3.35. The Kier molecular flexibility index (Phi) is 4.10. The summed E-state index contributed by atoms with van der Waals surface area (Å²) in [6.45, 7) is 0.435. The summed E-state index contributed by atoms with van der Waals surface area (Å²) < 4.78 is 1.66. The van der Waals surface area contributed by atoms with Crippen LogP contribution in [0.1, 0.15) is 25.7 Å². The maximum absolute atomic E-state index is 11.9. The highest BCUT2D eigenvalue weighted by Gasteiger charge is 2.51. The molecule has 2 aromatic rings. The Labute approximate surface area is 133 Å². The largest absolute Gasteiger partial charge is 0.481 e. The zero-order valence-electron chi connectivity index (χ0n) is 12.6. The molecule has 23 heavy (non-hydrogen) atoms. The number of aromatic nitrogens is 4. The summed E-state index contributed by atoms with van der Waals surface area (Å²) in [4.78, 5) is 31.3. The lowest BCUT2D eigenvalue weighted by Crippen LogP contribution is -2.38. The van der Waals surface area contributed by atoms with Crippen LogP contribution in [0.4, 0.5) is 0 Å². The van der Waals surface area contributed by atoms with Gasteiger partial charge in [0, 0.05) is 30.4 Å². The molecular weight excluding hydrogens is 296 g/mol. The smallest absolute Gasteiger partial charge is 0.310 e. The topological polar surface area (TPSA) is 96.9 Å². The SMILES string of the molecule is O=C(CC[n+]1ccc(-c2ncccn2)cn1)CC1(C(=O)O)CC1. The molecule has 1 fully saturated rings. The molecule has 7 nitrogen and oxygen atoms in total. The number of rotatable bonds is 7. The minimum Gasteiger partial charge on any atom is -0.481 e. The Hall–Kier alpha value is -2.70. The summed E-state index contributed by atoms with van der Waals surface area (Å²) in [7, 11) is 0. The molecule has 0 radical (unpaired) electrons. The first-order chi connectivity index (χ1) is 11.1. The molecule has 1 aliphatic carbocycles. The summed E-state index contributed by atoms with van der Waals surface area (Å²) in [6.07, 6.45) is 8.36. The standard InChI is InChI=1S/C16H16N4O3/c21-13(10-16(4-5-16)15(22)23)3-9-20-8-2-12(11-19-20)14-17-6-1-7-18-14/h1-2,6-8,11H,3-5,9-10H2/p+1. The lowest BCUT2D eigenvalue weighted by atomic mass is 9.98. The normalized spacial score (nSPS) is 15.1. The predicted octanol–water partition coefficient (Wildman–Crippen LogP) is 1.04. The summed E-state index contributed by atoms with van der Waals surface area (Å²) in [5.74, 6) is -0.293. The average molecular weight is 313 g/mol. The van der Waals surface area contributed by atoms with Crippen molar-refractivity contribution in [2.24, 2.45) is 5.41 Å². The molecule has 0 aromatic carbocycles. The number of hydrogen-bond acceptors (Lipinski definition) is 5. The van der Waals surface area contributed by atoms with Crippen LogP contribution in [0.2, 0.25) is 0 Å². The number of hydrogen-bond donors (Lipinski definition) is 1. The molecule has 1 N–H and O–H groups in total. The second-order valence-corrected chi connectivity index (χ2v) is 5.80. The highest BCUT2D eigenvalue weighted by Crippen LogP contribution is 2.49. The van der Waals surface area contributed by atoms with Crippen LogP contribution in [0.15, 0.2) is 36.9 Å². The van der Waals surface area contributed by atoms with Gasteiger partial charge in [0.25, 0.3) is 0 Å². The quantitative estimate of drug-likeness (QED) is 0.767. The third kappa shape index (κ3) is 3.56. The first-order valence-electron chi connectivity index (χ1n) is 7.47. The van der Waals surface area contributed by atoms with Crippen LogP contribution in [-0.2, 0) is 16.1 Å². The molecule has 0 atom stereocenters. The molecule has 7 heteroatoms. The molecule has 0 aliphatic heterocycles. The van der Waals surface area contributed by atoms with Gasteiger partial charge in [-0.3, -0.25) is 9.59 Å². The highest BCUT2D eigenvalue weighted by molar-refractivity contribution is 5.87. The van der Waals surface area contributed by atoms with Crippen molar-refractivity contribution in [3.8, 4) is 11.4 Å². The van der Waals surface area contributed by atoms with Crippen LogP contribution in [-0.4, -0.2) is 31.9 Å². The fourth-order valence-electron chi connectivity index (χ4n) is 2.42. The molecule has 3 rings (SSSR count). The molecule has 118 valence electrons. The van der Waals surface area contributed by atoms with Gasteiger partial charge in [0.05, 0.1) is 11.8 Å². The summed E-state index contributed by atoms with van der Waals surface area (Å²) in [5, 5.41) is 13.3. The molecule has 0 unspecified atom stereocenters. The van der Waals surface area contributed by atoms with Crippen molar-refractivity contribution < 1.29 is 19.4 Å². The Balaban J connectivity index is 1.55. The minimum atomic E-state index is -0.858. The molecule has 0 amide bonds. The number of aliphatic carboxylic acids is 1. The maximum atomic E-state index is 11.9. The van der Waals surface area contributed by atoms with Crippen LogP contribution < -0.4 is 4.68 Å². The zero-order chi connectivity index (χ0) is 16.3. The van der Waals surface area contributed by atoms with E-state index in [1.165, 1.54) is 0 Å². The number of ketones is 1. The fraction of sp³-hybridized carbons (Fsp3) is 0.375. The van der Waals surface area contributed by atoms with Crippen molar-refractivity contribution in [2.75, 3.05) is 0 Å². The van der Waals surface area contributed by atoms with Crippen LogP contribution >= 0.6 is 0 Å². The van der Waals surface area contributed by atoms with E-state index in [2.05, 4.69) is 15.1 Å². The fourth-order valence-corrected chi connectivity index (χ4v) is 2.42. The van der Waals surface area contributed by atoms with Crippen LogP contribution in [0, 0.1) is 5.41 Å². The zero-order valence-corrected chi connectivity index (χ0v) is 12.6. The molecule has 0 bridgehead atoms. The van der Waals surface area contributed by atoms with Gasteiger partial charge < -0.3 is 5.11 Å². The molecule has 0 saturated heterocycles. The number of carbonyl (C=O) groups excluding carboxylic acids is 1. The van der Waals surface area contributed by atoms with Crippen LogP contribution in [0.25, 0.3) is 11.4 Å². The second kappa shape index (κ2) is 6.20. The highest BCUT2D eigenvalue weighted by atomic mass is 16.4. The van der Waals surface area contributed by atoms with E-state index in [0.29, 0.717) is 25.2 Å². The number of Topliss-reactive ketones (excluding diaryl/α,β-unsaturated/α-hetero) is 1. The molecule has 0 spiro atoms. The van der Waals surface area contributed by atoms with E-state index < -0.39 is 11.4 Å². The second-order valence-electron chi connectivity index (χ2n) is 5.80. The summed E-state index contributed by atoms with van der Waals surface area (Å²) in [5.41, 5.74) is 0.0138. The Bertz CT molecular complexity index is 712. The van der Waals surface area contributed by atoms with Crippen molar-refractivity contribution in [3.05, 3.63) is 36.9 Å². The van der Waals surface area contributed by atoms with Gasteiger partial charge in [-0.25, -0.2) is 9.97 Å². The number of nitrogens with zero attached hydrogens (tertiary/aromatic N) is 4. The van der Waals surface area contributed by atoms with E-state index >= 15 is 0 Å². The Morgan fingerprint density at radius 2 is 2.00 bits per heavy atom. The maximum Gasteiger partial charge on any atom is 0.310 e. The van der Waals surface area contributed by atoms with Gasteiger partial charge in [-0.05, 0) is 24.0 Å². The lowest BCUT2D eigenvalue weighted by molar-refractivity contribution is -0.752.